The molecule has 4 aromatic heterocycles. The lowest BCUT2D eigenvalue weighted by Crippen LogP contribution is -2.37. The summed E-state index contributed by atoms with van der Waals surface area (Å²) in [6, 6.07) is 7.04. The number of pyridine rings is 1. The Labute approximate surface area is 243 Å². The van der Waals surface area contributed by atoms with Gasteiger partial charge >= 0.3 is 6.09 Å². The number of piperidine rings is 1. The van der Waals surface area contributed by atoms with Crippen LogP contribution >= 0.6 is 0 Å². The molecule has 42 heavy (non-hydrogen) atoms. The first kappa shape index (κ1) is 29.1. The average molecular weight is 596 g/mol. The van der Waals surface area contributed by atoms with Gasteiger partial charge in [0.15, 0.2) is 11.5 Å². The molecule has 0 aliphatic carbocycles. The van der Waals surface area contributed by atoms with Crippen LogP contribution in [0.5, 0.6) is 0 Å². The van der Waals surface area contributed by atoms with Gasteiger partial charge in [0.2, 0.25) is 10.0 Å². The number of amides is 2. The highest BCUT2D eigenvalue weighted by molar-refractivity contribution is 7.88. The minimum Gasteiger partial charge on any atom is -0.444 e. The molecule has 1 saturated heterocycles. The third kappa shape index (κ3) is 6.74. The molecule has 5 heterocycles. The quantitative estimate of drug-likeness (QED) is 0.327. The smallest absolute Gasteiger partial charge is 0.407 e. The van der Waals surface area contributed by atoms with Gasteiger partial charge in [0.05, 0.1) is 18.1 Å². The second-order valence-electron chi connectivity index (χ2n) is 11.1. The van der Waals surface area contributed by atoms with Gasteiger partial charge < -0.3 is 15.4 Å². The molecule has 0 aromatic carbocycles. The molecular formula is C27H33N9O5S. The summed E-state index contributed by atoms with van der Waals surface area (Å²) in [5.41, 5.74) is 1.56. The van der Waals surface area contributed by atoms with Crippen molar-refractivity contribution in [3.8, 4) is 5.82 Å². The molecule has 1 aliphatic rings. The Balaban J connectivity index is 1.39. The summed E-state index contributed by atoms with van der Waals surface area (Å²) < 4.78 is 33.8. The lowest BCUT2D eigenvalue weighted by molar-refractivity contribution is 0.0523. The molecule has 0 radical (unpaired) electrons. The van der Waals surface area contributed by atoms with E-state index in [9.17, 15) is 18.0 Å². The molecule has 0 spiro atoms. The molecule has 222 valence electrons. The number of ether oxygens (including phenoxy) is 1. The van der Waals surface area contributed by atoms with Crippen LogP contribution in [0.4, 0.5) is 10.6 Å². The largest absolute Gasteiger partial charge is 0.444 e. The maximum Gasteiger partial charge on any atom is 0.407 e. The SMILES string of the molecule is CC(C)(C)OC(=O)NCc1ccc(-n2nc(C3CCN(S(C)(=O)=O)CC3)cc2NC(=O)c2cnn3cccnc23)nc1. The average Bonchev–Trinajstić information content (AvgIpc) is 3.56. The molecule has 1 fully saturated rings. The van der Waals surface area contributed by atoms with Crippen molar-refractivity contribution in [1.82, 2.24) is 39.0 Å². The van der Waals surface area contributed by atoms with Gasteiger partial charge in [-0.1, -0.05) is 6.07 Å². The maximum atomic E-state index is 13.3. The zero-order chi connectivity index (χ0) is 30.1. The lowest BCUT2D eigenvalue weighted by atomic mass is 9.95. The van der Waals surface area contributed by atoms with Crippen LogP contribution in [-0.4, -0.2) is 79.0 Å². The predicted octanol–water partition coefficient (Wildman–Crippen LogP) is 2.73. The van der Waals surface area contributed by atoms with Gasteiger partial charge in [-0.05, 0) is 51.3 Å². The molecule has 0 atom stereocenters. The van der Waals surface area contributed by atoms with Crippen molar-refractivity contribution >= 4 is 33.5 Å². The number of anilines is 1. The Kier molecular flexibility index (Phi) is 7.97. The first-order valence-electron chi connectivity index (χ1n) is 13.4. The summed E-state index contributed by atoms with van der Waals surface area (Å²) in [6.07, 6.45) is 8.22. The topological polar surface area (TPSA) is 166 Å². The van der Waals surface area contributed by atoms with Crippen molar-refractivity contribution in [2.45, 2.75) is 51.7 Å². The van der Waals surface area contributed by atoms with E-state index in [0.29, 0.717) is 54.5 Å². The number of alkyl carbamates (subject to hydrolysis) is 1. The molecule has 2 amide bonds. The van der Waals surface area contributed by atoms with E-state index >= 15 is 0 Å². The summed E-state index contributed by atoms with van der Waals surface area (Å²) in [4.78, 5) is 34.1. The van der Waals surface area contributed by atoms with Crippen molar-refractivity contribution in [2.24, 2.45) is 0 Å². The molecule has 5 rings (SSSR count). The standard InChI is InChI=1S/C27H33N9O5S/c1-27(2,3)41-26(38)30-16-18-6-7-22(29-15-18)36-23(32-25(37)20-17-31-35-11-5-10-28-24(20)35)14-21(33-36)19-8-12-34(13-9-19)42(4,39)40/h5-7,10-11,14-15,17,19H,8-9,12-13,16H2,1-4H3,(H,30,38)(H,32,37). The van der Waals surface area contributed by atoms with E-state index in [1.54, 1.807) is 68.3 Å². The van der Waals surface area contributed by atoms with Crippen LogP contribution in [0, 0.1) is 0 Å². The molecule has 2 N–H and O–H groups in total. The van der Waals surface area contributed by atoms with E-state index < -0.39 is 27.6 Å². The number of hydrogen-bond donors (Lipinski definition) is 2. The fourth-order valence-corrected chi connectivity index (χ4v) is 5.53. The zero-order valence-electron chi connectivity index (χ0n) is 23.8. The second kappa shape index (κ2) is 11.5. The van der Waals surface area contributed by atoms with E-state index in [2.05, 4.69) is 25.7 Å². The first-order chi connectivity index (χ1) is 19.9. The fraction of sp³-hybridized carbons (Fsp3) is 0.407. The number of fused-ring (bicyclic) bond motifs is 1. The highest BCUT2D eigenvalue weighted by Gasteiger charge is 2.29. The van der Waals surface area contributed by atoms with Crippen molar-refractivity contribution in [3.05, 3.63) is 65.9 Å². The Bertz CT molecular complexity index is 1700. The number of nitrogens with one attached hydrogen (secondary N) is 2. The molecule has 0 unspecified atom stereocenters. The zero-order valence-corrected chi connectivity index (χ0v) is 24.6. The van der Waals surface area contributed by atoms with Crippen LogP contribution in [0.1, 0.15) is 61.1 Å². The van der Waals surface area contributed by atoms with Gasteiger partial charge in [0.1, 0.15) is 17.0 Å². The van der Waals surface area contributed by atoms with Crippen molar-refractivity contribution in [3.63, 3.8) is 0 Å². The van der Waals surface area contributed by atoms with Crippen molar-refractivity contribution in [2.75, 3.05) is 24.7 Å². The fourth-order valence-electron chi connectivity index (χ4n) is 4.65. The first-order valence-corrected chi connectivity index (χ1v) is 15.3. The summed E-state index contributed by atoms with van der Waals surface area (Å²) in [5.74, 6) is 0.421. The van der Waals surface area contributed by atoms with E-state index in [0.717, 1.165) is 5.56 Å². The van der Waals surface area contributed by atoms with Crippen molar-refractivity contribution in [1.29, 1.82) is 0 Å². The lowest BCUT2D eigenvalue weighted by Gasteiger charge is -2.29. The van der Waals surface area contributed by atoms with Crippen LogP contribution in [0.25, 0.3) is 11.5 Å². The number of aromatic nitrogens is 6. The maximum absolute atomic E-state index is 13.3. The Morgan fingerprint density at radius 3 is 2.55 bits per heavy atom. The Morgan fingerprint density at radius 1 is 1.12 bits per heavy atom. The van der Waals surface area contributed by atoms with Crippen LogP contribution in [-0.2, 0) is 21.3 Å². The van der Waals surface area contributed by atoms with Gasteiger partial charge in [-0.15, -0.1) is 0 Å². The Morgan fingerprint density at radius 2 is 1.88 bits per heavy atom. The van der Waals surface area contributed by atoms with E-state index in [1.807, 2.05) is 0 Å². The Hall–Kier alpha value is -4.37. The summed E-state index contributed by atoms with van der Waals surface area (Å²) in [6.45, 7) is 6.38. The van der Waals surface area contributed by atoms with Crippen LogP contribution in [0.3, 0.4) is 0 Å². The van der Waals surface area contributed by atoms with Gasteiger partial charge in [-0.3, -0.25) is 4.79 Å². The minimum absolute atomic E-state index is 0.00384. The van der Waals surface area contributed by atoms with Crippen LogP contribution < -0.4 is 10.6 Å². The number of sulfonamides is 1. The van der Waals surface area contributed by atoms with Crippen molar-refractivity contribution < 1.29 is 22.7 Å². The number of nitrogens with zero attached hydrogens (tertiary/aromatic N) is 7. The highest BCUT2D eigenvalue weighted by atomic mass is 32.2. The van der Waals surface area contributed by atoms with Gasteiger partial charge in [-0.2, -0.15) is 14.9 Å². The van der Waals surface area contributed by atoms with Gasteiger partial charge in [0.25, 0.3) is 5.91 Å². The highest BCUT2D eigenvalue weighted by Crippen LogP contribution is 2.31. The molecule has 14 nitrogen and oxygen atoms in total. The van der Waals surface area contributed by atoms with Gasteiger partial charge in [0, 0.05) is 50.2 Å². The molecular weight excluding hydrogens is 562 g/mol. The third-order valence-electron chi connectivity index (χ3n) is 6.70. The van der Waals surface area contributed by atoms with Crippen LogP contribution in [0.2, 0.25) is 0 Å². The monoisotopic (exact) mass is 595 g/mol. The molecule has 1 aliphatic heterocycles. The van der Waals surface area contributed by atoms with E-state index in [-0.39, 0.29) is 12.5 Å². The van der Waals surface area contributed by atoms with Gasteiger partial charge in [-0.25, -0.2) is 32.0 Å². The number of rotatable bonds is 7. The number of carbonyl (C=O) groups is 2. The number of carbonyl (C=O) groups excluding carboxylic acids is 2. The molecule has 15 heteroatoms. The molecule has 4 aromatic rings. The van der Waals surface area contributed by atoms with E-state index in [1.165, 1.54) is 21.3 Å². The molecule has 0 saturated carbocycles. The summed E-state index contributed by atoms with van der Waals surface area (Å²) in [5, 5.41) is 14.6. The summed E-state index contributed by atoms with van der Waals surface area (Å²) >= 11 is 0. The third-order valence-corrected chi connectivity index (χ3v) is 8.00. The predicted molar refractivity (Wildman–Crippen MR) is 154 cm³/mol. The normalized spacial score (nSPS) is 15.0. The minimum atomic E-state index is -3.27. The van der Waals surface area contributed by atoms with Crippen LogP contribution in [0.15, 0.2) is 49.1 Å². The summed E-state index contributed by atoms with van der Waals surface area (Å²) in [7, 11) is -3.27. The second-order valence-corrected chi connectivity index (χ2v) is 13.1. The molecule has 0 bridgehead atoms. The number of hydrogen-bond acceptors (Lipinski definition) is 9. The van der Waals surface area contributed by atoms with E-state index in [4.69, 9.17) is 9.84 Å².